The molecule has 1 saturated heterocycles. The zero-order valence-corrected chi connectivity index (χ0v) is 16.0. The van der Waals surface area contributed by atoms with Crippen molar-refractivity contribution in [2.75, 3.05) is 18.0 Å². The summed E-state index contributed by atoms with van der Waals surface area (Å²) in [6.45, 7) is 0.856. The van der Waals surface area contributed by atoms with Crippen LogP contribution < -0.4 is 16.1 Å². The van der Waals surface area contributed by atoms with Gasteiger partial charge in [-0.1, -0.05) is 12.8 Å². The van der Waals surface area contributed by atoms with E-state index in [1.807, 2.05) is 0 Å². The number of pyridine rings is 1. The van der Waals surface area contributed by atoms with E-state index in [9.17, 15) is 14.7 Å². The largest absolute Gasteiger partial charge is 0.477 e. The van der Waals surface area contributed by atoms with Crippen LogP contribution in [0.15, 0.2) is 17.1 Å². The van der Waals surface area contributed by atoms with E-state index in [1.165, 1.54) is 10.8 Å². The number of carboxylic acid groups (broad SMARTS) is 1. The molecule has 0 bridgehead atoms. The van der Waals surface area contributed by atoms with Crippen LogP contribution in [0.5, 0.6) is 0 Å². The van der Waals surface area contributed by atoms with Gasteiger partial charge in [0.15, 0.2) is 5.82 Å². The van der Waals surface area contributed by atoms with Gasteiger partial charge >= 0.3 is 5.97 Å². The normalized spacial score (nSPS) is 23.4. The van der Waals surface area contributed by atoms with Crippen molar-refractivity contribution < 1.29 is 18.7 Å². The van der Waals surface area contributed by atoms with Crippen molar-refractivity contribution in [2.24, 2.45) is 11.1 Å². The fraction of sp³-hybridized carbons (Fsp3) is 0.524. The molecule has 3 aliphatic rings. The third kappa shape index (κ3) is 2.68. The van der Waals surface area contributed by atoms with Crippen molar-refractivity contribution in [3.05, 3.63) is 39.7 Å². The van der Waals surface area contributed by atoms with Gasteiger partial charge in [0.2, 0.25) is 5.43 Å². The molecule has 5 rings (SSSR count). The van der Waals surface area contributed by atoms with Crippen LogP contribution in [0.1, 0.15) is 54.9 Å². The number of carboxylic acids is 1. The number of halogens is 2. The van der Waals surface area contributed by atoms with Gasteiger partial charge in [0.1, 0.15) is 17.1 Å². The molecule has 2 saturated carbocycles. The molecule has 1 atom stereocenters. The van der Waals surface area contributed by atoms with E-state index in [0.29, 0.717) is 13.1 Å². The minimum absolute atomic E-state index is 0.0140. The summed E-state index contributed by atoms with van der Waals surface area (Å²) in [6.07, 6.45) is 6.78. The summed E-state index contributed by atoms with van der Waals surface area (Å²) in [6, 6.07) is 0.762. The predicted molar refractivity (Wildman–Crippen MR) is 104 cm³/mol. The fourth-order valence-corrected chi connectivity index (χ4v) is 5.29. The van der Waals surface area contributed by atoms with Gasteiger partial charge in [0.25, 0.3) is 0 Å². The minimum Gasteiger partial charge on any atom is -0.477 e. The number of benzene rings is 1. The number of fused-ring (bicyclic) bond motifs is 1. The first-order chi connectivity index (χ1) is 13.8. The second kappa shape index (κ2) is 6.26. The first-order valence-corrected chi connectivity index (χ1v) is 10.1. The predicted octanol–water partition coefficient (Wildman–Crippen LogP) is 3.02. The lowest BCUT2D eigenvalue weighted by molar-refractivity contribution is 0.0694. The minimum atomic E-state index is -1.40. The number of hydrogen-bond donors (Lipinski definition) is 2. The zero-order valence-electron chi connectivity index (χ0n) is 16.0. The monoisotopic (exact) mass is 403 g/mol. The second-order valence-corrected chi connectivity index (χ2v) is 8.79. The van der Waals surface area contributed by atoms with Crippen LogP contribution in [0.4, 0.5) is 14.5 Å². The third-order valence-electron chi connectivity index (χ3n) is 6.98. The van der Waals surface area contributed by atoms with Gasteiger partial charge in [-0.15, -0.1) is 0 Å². The lowest BCUT2D eigenvalue weighted by atomic mass is 9.82. The molecule has 3 N–H and O–H groups in total. The Kier molecular flexibility index (Phi) is 4.00. The molecule has 2 aliphatic carbocycles. The number of carbonyl (C=O) groups is 1. The summed E-state index contributed by atoms with van der Waals surface area (Å²) in [7, 11) is 0. The summed E-state index contributed by atoms with van der Waals surface area (Å²) >= 11 is 0. The first kappa shape index (κ1) is 18.5. The van der Waals surface area contributed by atoms with Crippen LogP contribution in [-0.4, -0.2) is 34.8 Å². The molecule has 0 radical (unpaired) electrons. The number of anilines is 1. The Morgan fingerprint density at radius 3 is 2.55 bits per heavy atom. The first-order valence-electron chi connectivity index (χ1n) is 10.1. The Morgan fingerprint density at radius 2 is 1.93 bits per heavy atom. The summed E-state index contributed by atoms with van der Waals surface area (Å²) < 4.78 is 32.3. The SMILES string of the molecule is NC1CN(c2c(F)cc3c(=O)c(C(=O)O)cn(C4CC4)c3c2F)CC12CCCC2. The zero-order chi connectivity index (χ0) is 20.5. The highest BCUT2D eigenvalue weighted by molar-refractivity contribution is 5.94. The van der Waals surface area contributed by atoms with Gasteiger partial charge < -0.3 is 20.3 Å². The summed E-state index contributed by atoms with van der Waals surface area (Å²) in [5.41, 5.74) is 4.76. The van der Waals surface area contributed by atoms with E-state index in [0.717, 1.165) is 44.6 Å². The Morgan fingerprint density at radius 1 is 1.24 bits per heavy atom. The molecule has 29 heavy (non-hydrogen) atoms. The van der Waals surface area contributed by atoms with Crippen LogP contribution >= 0.6 is 0 Å². The van der Waals surface area contributed by atoms with Gasteiger partial charge in [-0.25, -0.2) is 13.6 Å². The molecule has 8 heteroatoms. The number of rotatable bonds is 3. The number of aromatic carboxylic acids is 1. The molecule has 0 amide bonds. The maximum Gasteiger partial charge on any atom is 0.341 e. The topological polar surface area (TPSA) is 88.6 Å². The molecular formula is C21H23F2N3O3. The van der Waals surface area contributed by atoms with Crippen molar-refractivity contribution in [3.8, 4) is 0 Å². The van der Waals surface area contributed by atoms with Crippen LogP contribution in [0.3, 0.4) is 0 Å². The highest BCUT2D eigenvalue weighted by atomic mass is 19.1. The Balaban J connectivity index is 1.70. The molecule has 2 heterocycles. The van der Waals surface area contributed by atoms with Gasteiger partial charge in [-0.05, 0) is 31.7 Å². The summed E-state index contributed by atoms with van der Waals surface area (Å²) in [4.78, 5) is 25.7. The van der Waals surface area contributed by atoms with E-state index >= 15 is 8.78 Å². The average Bonchev–Trinajstić information content (AvgIpc) is 3.32. The maximum absolute atomic E-state index is 15.7. The molecule has 1 aliphatic heterocycles. The lowest BCUT2D eigenvalue weighted by Gasteiger charge is -2.27. The highest BCUT2D eigenvalue weighted by Crippen LogP contribution is 2.47. The molecule has 3 fully saturated rings. The molecule has 1 unspecified atom stereocenters. The molecule has 154 valence electrons. The lowest BCUT2D eigenvalue weighted by Crippen LogP contribution is -2.38. The number of nitrogens with zero attached hydrogens (tertiary/aromatic N) is 2. The van der Waals surface area contributed by atoms with E-state index in [-0.39, 0.29) is 34.1 Å². The second-order valence-electron chi connectivity index (χ2n) is 8.79. The standard InChI is InChI=1S/C21H23F2N3O3/c22-14-7-12-17(26(11-3-4-11)8-13(19(12)27)20(28)29)16(23)18(14)25-9-15(24)21(10-25)5-1-2-6-21/h7-8,11,15H,1-6,9-10,24H2,(H,28,29). The van der Waals surface area contributed by atoms with Gasteiger partial charge in [0, 0.05) is 36.8 Å². The number of nitrogens with two attached hydrogens (primary N) is 1. The number of hydrogen-bond acceptors (Lipinski definition) is 4. The van der Waals surface area contributed by atoms with Gasteiger partial charge in [-0.3, -0.25) is 4.79 Å². The quantitative estimate of drug-likeness (QED) is 0.823. The fourth-order valence-electron chi connectivity index (χ4n) is 5.29. The highest BCUT2D eigenvalue weighted by Gasteiger charge is 2.47. The maximum atomic E-state index is 15.7. The number of aromatic nitrogens is 1. The van der Waals surface area contributed by atoms with Gasteiger partial charge in [-0.2, -0.15) is 0 Å². The molecule has 6 nitrogen and oxygen atoms in total. The van der Waals surface area contributed by atoms with Crippen molar-refractivity contribution in [3.63, 3.8) is 0 Å². The van der Waals surface area contributed by atoms with E-state index in [1.54, 1.807) is 4.90 Å². The van der Waals surface area contributed by atoms with E-state index in [2.05, 4.69) is 0 Å². The summed E-state index contributed by atoms with van der Waals surface area (Å²) in [5.74, 6) is -3.05. The average molecular weight is 403 g/mol. The van der Waals surface area contributed by atoms with Crippen molar-refractivity contribution >= 4 is 22.6 Å². The van der Waals surface area contributed by atoms with Crippen molar-refractivity contribution in [2.45, 2.75) is 50.6 Å². The Bertz CT molecular complexity index is 1090. The molecule has 1 aromatic heterocycles. The molecule has 2 aromatic rings. The summed E-state index contributed by atoms with van der Waals surface area (Å²) in [5, 5.41) is 9.11. The van der Waals surface area contributed by atoms with Crippen molar-refractivity contribution in [1.82, 2.24) is 4.57 Å². The molecule has 1 aromatic carbocycles. The smallest absolute Gasteiger partial charge is 0.341 e. The molecule has 1 spiro atoms. The van der Waals surface area contributed by atoms with Gasteiger partial charge in [0.05, 0.1) is 10.9 Å². The van der Waals surface area contributed by atoms with Crippen molar-refractivity contribution in [1.29, 1.82) is 0 Å². The third-order valence-corrected chi connectivity index (χ3v) is 6.98. The van der Waals surface area contributed by atoms with Crippen LogP contribution in [-0.2, 0) is 0 Å². The Hall–Kier alpha value is -2.48. The van der Waals surface area contributed by atoms with E-state index in [4.69, 9.17) is 5.73 Å². The van der Waals surface area contributed by atoms with Crippen LogP contribution in [0.25, 0.3) is 10.9 Å². The Labute approximate surface area is 165 Å². The molecular weight excluding hydrogens is 380 g/mol. The van der Waals surface area contributed by atoms with Crippen LogP contribution in [0.2, 0.25) is 0 Å². The van der Waals surface area contributed by atoms with Crippen LogP contribution in [0, 0.1) is 17.0 Å². The van der Waals surface area contributed by atoms with E-state index < -0.39 is 28.6 Å².